The van der Waals surface area contributed by atoms with Crippen LogP contribution in [0.1, 0.15) is 9.88 Å². The maximum Gasteiger partial charge on any atom is 0.139 e. The van der Waals surface area contributed by atoms with Gasteiger partial charge in [0, 0.05) is 11.1 Å². The molecule has 0 saturated carbocycles. The molecule has 2 rings (SSSR count). The van der Waals surface area contributed by atoms with Gasteiger partial charge < -0.3 is 0 Å². The van der Waals surface area contributed by atoms with Gasteiger partial charge >= 0.3 is 0 Å². The maximum absolute atomic E-state index is 13.3. The summed E-state index contributed by atoms with van der Waals surface area (Å²) in [5.41, 5.74) is 0. The molecule has 1 aromatic heterocycles. The minimum absolute atomic E-state index is 0.258. The molecule has 0 aliphatic carbocycles. The van der Waals surface area contributed by atoms with E-state index < -0.39 is 16.6 Å². The fraction of sp³-hybridized carbons (Fsp3) is 0.182. The zero-order valence-electron chi connectivity index (χ0n) is 8.64. The molecule has 16 heavy (non-hydrogen) atoms. The Kier molecular flexibility index (Phi) is 3.46. The second-order valence-electron chi connectivity index (χ2n) is 3.27. The fourth-order valence-corrected chi connectivity index (χ4v) is 3.46. The number of hydrogen-bond donors (Lipinski definition) is 0. The summed E-state index contributed by atoms with van der Waals surface area (Å²) in [7, 11) is -1.34. The summed E-state index contributed by atoms with van der Waals surface area (Å²) >= 11 is 1.49. The first-order chi connectivity index (χ1) is 7.66. The average molecular weight is 255 g/mol. The minimum Gasteiger partial charge on any atom is -0.254 e. The first-order valence-corrected chi connectivity index (χ1v) is 6.84. The smallest absolute Gasteiger partial charge is 0.139 e. The molecular formula is C11H10FNOS2. The van der Waals surface area contributed by atoms with Crippen LogP contribution in [0.4, 0.5) is 4.39 Å². The Bertz CT molecular complexity index is 524. The molecule has 2 aromatic rings. The number of aromatic nitrogens is 1. The Labute approximate surface area is 99.6 Å². The molecule has 84 valence electrons. The van der Waals surface area contributed by atoms with E-state index in [1.54, 1.807) is 24.4 Å². The summed E-state index contributed by atoms with van der Waals surface area (Å²) < 4.78 is 25.2. The molecule has 0 N–H and O–H groups in total. The van der Waals surface area contributed by atoms with Gasteiger partial charge in [-0.3, -0.25) is 4.21 Å². The SMILES string of the molecule is Cc1ncc(CS(=O)c2ccccc2F)s1. The molecule has 2 nitrogen and oxygen atoms in total. The van der Waals surface area contributed by atoms with Crippen LogP contribution in [0.15, 0.2) is 35.4 Å². The van der Waals surface area contributed by atoms with Crippen molar-refractivity contribution < 1.29 is 8.60 Å². The van der Waals surface area contributed by atoms with E-state index in [1.807, 2.05) is 6.92 Å². The Morgan fingerprint density at radius 1 is 1.44 bits per heavy atom. The topological polar surface area (TPSA) is 30.0 Å². The highest BCUT2D eigenvalue weighted by Gasteiger charge is 2.11. The van der Waals surface area contributed by atoms with Crippen molar-refractivity contribution in [1.29, 1.82) is 0 Å². The van der Waals surface area contributed by atoms with Gasteiger partial charge in [-0.2, -0.15) is 0 Å². The van der Waals surface area contributed by atoms with Crippen LogP contribution < -0.4 is 0 Å². The zero-order chi connectivity index (χ0) is 11.5. The summed E-state index contributed by atoms with van der Waals surface area (Å²) in [6, 6.07) is 6.16. The molecule has 1 heterocycles. The summed E-state index contributed by atoms with van der Waals surface area (Å²) in [5, 5.41) is 0.931. The first kappa shape index (κ1) is 11.4. The third-order valence-corrected chi connectivity index (χ3v) is 4.51. The number of rotatable bonds is 3. The Balaban J connectivity index is 2.18. The molecule has 1 aromatic carbocycles. The van der Waals surface area contributed by atoms with Crippen LogP contribution in [0.2, 0.25) is 0 Å². The van der Waals surface area contributed by atoms with Crippen LogP contribution >= 0.6 is 11.3 Å². The highest BCUT2D eigenvalue weighted by Crippen LogP contribution is 2.19. The van der Waals surface area contributed by atoms with Crippen LogP contribution in [0, 0.1) is 12.7 Å². The van der Waals surface area contributed by atoms with Gasteiger partial charge in [0.25, 0.3) is 0 Å². The molecule has 0 fully saturated rings. The van der Waals surface area contributed by atoms with E-state index in [4.69, 9.17) is 0 Å². The van der Waals surface area contributed by atoms with Crippen LogP contribution in [0.5, 0.6) is 0 Å². The molecule has 0 bridgehead atoms. The van der Waals surface area contributed by atoms with Gasteiger partial charge in [0.15, 0.2) is 0 Å². The van der Waals surface area contributed by atoms with Crippen molar-refractivity contribution in [1.82, 2.24) is 4.98 Å². The largest absolute Gasteiger partial charge is 0.254 e. The van der Waals surface area contributed by atoms with Gasteiger partial charge in [-0.1, -0.05) is 12.1 Å². The van der Waals surface area contributed by atoms with E-state index in [1.165, 1.54) is 17.4 Å². The third-order valence-electron chi connectivity index (χ3n) is 2.02. The molecule has 0 spiro atoms. The number of halogens is 1. The lowest BCUT2D eigenvalue weighted by Crippen LogP contribution is -1.97. The van der Waals surface area contributed by atoms with Crippen molar-refractivity contribution in [2.45, 2.75) is 17.6 Å². The van der Waals surface area contributed by atoms with Gasteiger partial charge in [0.05, 0.1) is 26.5 Å². The highest BCUT2D eigenvalue weighted by atomic mass is 32.2. The Morgan fingerprint density at radius 3 is 2.81 bits per heavy atom. The highest BCUT2D eigenvalue weighted by molar-refractivity contribution is 7.84. The predicted molar refractivity (Wildman–Crippen MR) is 63.4 cm³/mol. The molecule has 5 heteroatoms. The fourth-order valence-electron chi connectivity index (χ4n) is 1.31. The number of benzene rings is 1. The number of hydrogen-bond acceptors (Lipinski definition) is 3. The molecule has 0 aliphatic heterocycles. The van der Waals surface area contributed by atoms with Gasteiger partial charge in [-0.15, -0.1) is 11.3 Å². The van der Waals surface area contributed by atoms with Crippen molar-refractivity contribution in [2.75, 3.05) is 0 Å². The van der Waals surface area contributed by atoms with Gasteiger partial charge in [0.1, 0.15) is 5.82 Å². The van der Waals surface area contributed by atoms with E-state index in [0.717, 1.165) is 9.88 Å². The lowest BCUT2D eigenvalue weighted by Gasteiger charge is -2.01. The van der Waals surface area contributed by atoms with Crippen molar-refractivity contribution >= 4 is 22.1 Å². The first-order valence-electron chi connectivity index (χ1n) is 4.71. The van der Waals surface area contributed by atoms with Gasteiger partial charge in [0.2, 0.25) is 0 Å². The molecule has 0 saturated heterocycles. The molecular weight excluding hydrogens is 245 g/mol. The van der Waals surface area contributed by atoms with E-state index in [9.17, 15) is 8.60 Å². The van der Waals surface area contributed by atoms with Crippen molar-refractivity contribution in [2.24, 2.45) is 0 Å². The van der Waals surface area contributed by atoms with E-state index >= 15 is 0 Å². The summed E-state index contributed by atoms with van der Waals surface area (Å²) in [6.45, 7) is 1.89. The normalized spacial score (nSPS) is 12.6. The van der Waals surface area contributed by atoms with E-state index in [0.29, 0.717) is 5.75 Å². The third kappa shape index (κ3) is 2.54. The summed E-state index contributed by atoms with van der Waals surface area (Å²) in [6.07, 6.45) is 1.69. The van der Waals surface area contributed by atoms with Crippen molar-refractivity contribution in [3.63, 3.8) is 0 Å². The average Bonchev–Trinajstić information content (AvgIpc) is 2.64. The van der Waals surface area contributed by atoms with Crippen molar-refractivity contribution in [3.05, 3.63) is 46.2 Å². The van der Waals surface area contributed by atoms with Gasteiger partial charge in [-0.05, 0) is 19.1 Å². The summed E-state index contributed by atoms with van der Waals surface area (Å²) in [4.78, 5) is 5.25. The zero-order valence-corrected chi connectivity index (χ0v) is 10.3. The lowest BCUT2D eigenvalue weighted by molar-refractivity contribution is 0.595. The molecule has 0 radical (unpaired) electrons. The van der Waals surface area contributed by atoms with Crippen LogP contribution in [-0.4, -0.2) is 9.19 Å². The summed E-state index contributed by atoms with van der Waals surface area (Å²) in [5.74, 6) is -0.0889. The van der Waals surface area contributed by atoms with Crippen LogP contribution in [0.25, 0.3) is 0 Å². The molecule has 1 unspecified atom stereocenters. The number of aryl methyl sites for hydroxylation is 1. The quantitative estimate of drug-likeness (QED) is 0.844. The molecule has 0 amide bonds. The van der Waals surface area contributed by atoms with Crippen molar-refractivity contribution in [3.8, 4) is 0 Å². The lowest BCUT2D eigenvalue weighted by atomic mass is 10.3. The molecule has 1 atom stereocenters. The minimum atomic E-state index is -1.34. The monoisotopic (exact) mass is 255 g/mol. The second-order valence-corrected chi connectivity index (χ2v) is 6.00. The molecule has 0 aliphatic rings. The number of nitrogens with zero attached hydrogens (tertiary/aromatic N) is 1. The standard InChI is InChI=1S/C11H10FNOS2/c1-8-13-6-9(15-8)7-16(14)11-5-3-2-4-10(11)12/h2-6H,7H2,1H3. The predicted octanol–water partition coefficient (Wildman–Crippen LogP) is 2.90. The van der Waals surface area contributed by atoms with E-state index in [-0.39, 0.29) is 4.90 Å². The second kappa shape index (κ2) is 4.84. The van der Waals surface area contributed by atoms with Crippen LogP contribution in [0.3, 0.4) is 0 Å². The Hall–Kier alpha value is -1.07. The van der Waals surface area contributed by atoms with Gasteiger partial charge in [-0.25, -0.2) is 9.37 Å². The number of thiazole rings is 1. The van der Waals surface area contributed by atoms with E-state index in [2.05, 4.69) is 4.98 Å². The maximum atomic E-state index is 13.3. The Morgan fingerprint density at radius 2 is 2.19 bits per heavy atom. The van der Waals surface area contributed by atoms with Crippen LogP contribution in [-0.2, 0) is 16.6 Å².